The molecule has 1 aromatic heterocycles. The van der Waals surface area contributed by atoms with Gasteiger partial charge >= 0.3 is 5.97 Å². The Balaban J connectivity index is 0.000000948. The number of fused-ring (bicyclic) bond motifs is 3. The summed E-state index contributed by atoms with van der Waals surface area (Å²) in [7, 11) is 0. The molecule has 2 heterocycles. The standard InChI is InChI=1S/C20H26O4.C2H6/c1-11-8-12(2)18(21)17-14(11)4-5-15-19(22)24-16(9-20(15,17)3)13-6-7-23-10-13;1-2/h6-7,10-12,14-17H,4-5,8-9H2,1-3H3;1-2H3/t11-,12+,14?,15+,16?,17?,20+;/m1./s1. The Bertz CT molecular complexity index is 649. The summed E-state index contributed by atoms with van der Waals surface area (Å²) in [6.07, 6.45) is 6.48. The lowest BCUT2D eigenvalue weighted by Crippen LogP contribution is -2.57. The molecule has 2 saturated carbocycles. The predicted molar refractivity (Wildman–Crippen MR) is 99.3 cm³/mol. The first-order valence-corrected chi connectivity index (χ1v) is 10.2. The number of carbonyl (C=O) groups excluding carboxylic acids is 2. The van der Waals surface area contributed by atoms with Crippen LogP contribution in [0.3, 0.4) is 0 Å². The first kappa shape index (κ1) is 19.2. The Morgan fingerprint density at radius 2 is 1.88 bits per heavy atom. The maximum atomic E-state index is 13.1. The van der Waals surface area contributed by atoms with Crippen molar-refractivity contribution in [1.82, 2.24) is 0 Å². The van der Waals surface area contributed by atoms with E-state index in [-0.39, 0.29) is 35.2 Å². The topological polar surface area (TPSA) is 56.5 Å². The summed E-state index contributed by atoms with van der Waals surface area (Å²) >= 11 is 0. The van der Waals surface area contributed by atoms with Crippen LogP contribution >= 0.6 is 0 Å². The summed E-state index contributed by atoms with van der Waals surface area (Å²) in [6.45, 7) is 10.5. The Hall–Kier alpha value is -1.58. The number of hydrogen-bond acceptors (Lipinski definition) is 4. The van der Waals surface area contributed by atoms with E-state index in [0.29, 0.717) is 17.6 Å². The Morgan fingerprint density at radius 1 is 1.15 bits per heavy atom. The van der Waals surface area contributed by atoms with Crippen molar-refractivity contribution in [1.29, 1.82) is 0 Å². The van der Waals surface area contributed by atoms with E-state index in [4.69, 9.17) is 9.15 Å². The minimum Gasteiger partial charge on any atom is -0.472 e. The van der Waals surface area contributed by atoms with E-state index in [9.17, 15) is 9.59 Å². The molecular formula is C22H32O4. The minimum absolute atomic E-state index is 0.0164. The molecule has 2 aliphatic carbocycles. The van der Waals surface area contributed by atoms with E-state index in [2.05, 4.69) is 20.8 Å². The van der Waals surface area contributed by atoms with Gasteiger partial charge in [0.25, 0.3) is 0 Å². The second-order valence-corrected chi connectivity index (χ2v) is 8.48. The fourth-order valence-electron chi connectivity index (χ4n) is 5.83. The van der Waals surface area contributed by atoms with Gasteiger partial charge in [-0.3, -0.25) is 9.59 Å². The van der Waals surface area contributed by atoms with Gasteiger partial charge in [0.05, 0.1) is 18.4 Å². The molecule has 0 N–H and O–H groups in total. The molecule has 1 aromatic rings. The Kier molecular flexibility index (Phi) is 5.32. The summed E-state index contributed by atoms with van der Waals surface area (Å²) in [5, 5.41) is 0. The number of cyclic esters (lactones) is 1. The molecule has 26 heavy (non-hydrogen) atoms. The van der Waals surface area contributed by atoms with Gasteiger partial charge in [0.2, 0.25) is 0 Å². The van der Waals surface area contributed by atoms with E-state index in [0.717, 1.165) is 31.2 Å². The summed E-state index contributed by atoms with van der Waals surface area (Å²) in [5.41, 5.74) is 0.592. The summed E-state index contributed by atoms with van der Waals surface area (Å²) in [6, 6.07) is 1.86. The van der Waals surface area contributed by atoms with Crippen molar-refractivity contribution in [2.45, 2.75) is 66.4 Å². The molecule has 0 aromatic carbocycles. The number of rotatable bonds is 1. The fourth-order valence-corrected chi connectivity index (χ4v) is 5.83. The number of ether oxygens (including phenoxy) is 1. The van der Waals surface area contributed by atoms with Gasteiger partial charge in [0, 0.05) is 17.4 Å². The van der Waals surface area contributed by atoms with Crippen molar-refractivity contribution in [3.05, 3.63) is 24.2 Å². The van der Waals surface area contributed by atoms with Crippen molar-refractivity contribution < 1.29 is 18.7 Å². The second-order valence-electron chi connectivity index (χ2n) is 8.48. The number of furan rings is 1. The van der Waals surface area contributed by atoms with Crippen molar-refractivity contribution in [2.75, 3.05) is 0 Å². The third kappa shape index (κ3) is 2.91. The molecule has 0 radical (unpaired) electrons. The van der Waals surface area contributed by atoms with Gasteiger partial charge in [0.1, 0.15) is 11.9 Å². The van der Waals surface area contributed by atoms with Crippen LogP contribution in [0.4, 0.5) is 0 Å². The molecule has 144 valence electrons. The maximum Gasteiger partial charge on any atom is 0.310 e. The van der Waals surface area contributed by atoms with Crippen LogP contribution in [0.2, 0.25) is 0 Å². The highest BCUT2D eigenvalue weighted by Gasteiger charge is 2.60. The highest BCUT2D eigenvalue weighted by atomic mass is 16.5. The van der Waals surface area contributed by atoms with E-state index in [1.54, 1.807) is 12.5 Å². The van der Waals surface area contributed by atoms with E-state index < -0.39 is 0 Å². The van der Waals surface area contributed by atoms with Gasteiger partial charge in [-0.1, -0.05) is 34.6 Å². The number of carbonyl (C=O) groups is 2. The van der Waals surface area contributed by atoms with Crippen LogP contribution in [-0.2, 0) is 14.3 Å². The molecule has 3 aliphatic rings. The van der Waals surface area contributed by atoms with Gasteiger partial charge in [-0.15, -0.1) is 0 Å². The molecule has 7 atom stereocenters. The SMILES string of the molecule is CC.C[C@@H]1C[C@H](C)C(=O)C2C1CC[C@H]1C(=O)OC(c3ccoc3)C[C@]21C. The van der Waals surface area contributed by atoms with Crippen LogP contribution in [0.1, 0.15) is 72.0 Å². The monoisotopic (exact) mass is 360 g/mol. The summed E-state index contributed by atoms with van der Waals surface area (Å²) in [5.74, 6) is 1.12. The molecule has 1 aliphatic heterocycles. The van der Waals surface area contributed by atoms with Crippen molar-refractivity contribution >= 4 is 11.8 Å². The van der Waals surface area contributed by atoms with Crippen LogP contribution in [0, 0.1) is 35.0 Å². The average Bonchev–Trinajstić information content (AvgIpc) is 3.15. The van der Waals surface area contributed by atoms with E-state index >= 15 is 0 Å². The van der Waals surface area contributed by atoms with Crippen LogP contribution in [0.25, 0.3) is 0 Å². The Morgan fingerprint density at radius 3 is 2.54 bits per heavy atom. The molecule has 4 heteroatoms. The lowest BCUT2D eigenvalue weighted by molar-refractivity contribution is -0.191. The highest BCUT2D eigenvalue weighted by Crippen LogP contribution is 2.60. The van der Waals surface area contributed by atoms with Crippen LogP contribution in [-0.4, -0.2) is 11.8 Å². The first-order chi connectivity index (χ1) is 12.4. The Labute approximate surface area is 156 Å². The zero-order valence-corrected chi connectivity index (χ0v) is 16.7. The number of Topliss-reactive ketones (excluding diaryl/α,β-unsaturated/α-hetero) is 1. The zero-order chi connectivity index (χ0) is 19.1. The number of esters is 1. The lowest BCUT2D eigenvalue weighted by Gasteiger charge is -2.56. The lowest BCUT2D eigenvalue weighted by atomic mass is 9.48. The summed E-state index contributed by atoms with van der Waals surface area (Å²) in [4.78, 5) is 25.8. The smallest absolute Gasteiger partial charge is 0.310 e. The molecular weight excluding hydrogens is 328 g/mol. The molecule has 0 amide bonds. The maximum absolute atomic E-state index is 13.1. The fraction of sp³-hybridized carbons (Fsp3) is 0.727. The van der Waals surface area contributed by atoms with E-state index in [1.165, 1.54) is 0 Å². The predicted octanol–water partition coefficient (Wildman–Crippen LogP) is 5.19. The first-order valence-electron chi connectivity index (χ1n) is 10.2. The quantitative estimate of drug-likeness (QED) is 0.647. The van der Waals surface area contributed by atoms with Crippen LogP contribution < -0.4 is 0 Å². The minimum atomic E-state index is -0.305. The average molecular weight is 360 g/mol. The molecule has 4 nitrogen and oxygen atoms in total. The van der Waals surface area contributed by atoms with Gasteiger partial charge in [0.15, 0.2) is 0 Å². The van der Waals surface area contributed by atoms with Crippen LogP contribution in [0.15, 0.2) is 23.0 Å². The van der Waals surface area contributed by atoms with Crippen molar-refractivity contribution in [3.8, 4) is 0 Å². The molecule has 3 unspecified atom stereocenters. The molecule has 4 rings (SSSR count). The largest absolute Gasteiger partial charge is 0.472 e. The molecule has 1 saturated heterocycles. The van der Waals surface area contributed by atoms with Crippen molar-refractivity contribution in [2.24, 2.45) is 35.0 Å². The highest BCUT2D eigenvalue weighted by molar-refractivity contribution is 5.87. The van der Waals surface area contributed by atoms with Gasteiger partial charge < -0.3 is 9.15 Å². The molecule has 3 fully saturated rings. The summed E-state index contributed by atoms with van der Waals surface area (Å²) < 4.78 is 10.9. The van der Waals surface area contributed by atoms with Gasteiger partial charge in [-0.25, -0.2) is 0 Å². The number of hydrogen-bond donors (Lipinski definition) is 0. The molecule has 0 spiro atoms. The normalized spacial score (nSPS) is 42.0. The second kappa shape index (κ2) is 7.21. The third-order valence-electron chi connectivity index (χ3n) is 7.05. The molecule has 0 bridgehead atoms. The van der Waals surface area contributed by atoms with Crippen LogP contribution in [0.5, 0.6) is 0 Å². The van der Waals surface area contributed by atoms with Crippen molar-refractivity contribution in [3.63, 3.8) is 0 Å². The van der Waals surface area contributed by atoms with Gasteiger partial charge in [-0.2, -0.15) is 0 Å². The van der Waals surface area contributed by atoms with Gasteiger partial charge in [-0.05, 0) is 49.0 Å². The van der Waals surface area contributed by atoms with E-state index in [1.807, 2.05) is 19.9 Å². The number of ketones is 1. The third-order valence-corrected chi connectivity index (χ3v) is 7.05. The zero-order valence-electron chi connectivity index (χ0n) is 16.7.